The van der Waals surface area contributed by atoms with Crippen molar-refractivity contribution < 1.29 is 28.7 Å². The van der Waals surface area contributed by atoms with Crippen LogP contribution < -0.4 is 33.0 Å². The van der Waals surface area contributed by atoms with Crippen LogP contribution in [0.5, 0.6) is 0 Å². The van der Waals surface area contributed by atoms with Crippen molar-refractivity contribution in [2.75, 3.05) is 39.0 Å². The number of benzene rings is 1. The van der Waals surface area contributed by atoms with Gasteiger partial charge in [-0.15, -0.1) is 0 Å². The molecule has 0 heterocycles. The number of ether oxygens (including phenoxy) is 1. The van der Waals surface area contributed by atoms with Crippen LogP contribution in [0.3, 0.4) is 0 Å². The number of hydrazine groups is 1. The van der Waals surface area contributed by atoms with E-state index in [1.807, 2.05) is 13.8 Å². The largest absolute Gasteiger partial charge is 0.445 e. The molecular formula is C25H42N8O6. The van der Waals surface area contributed by atoms with E-state index in [-0.39, 0.29) is 31.4 Å². The molecule has 8 N–H and O–H groups in total. The molecule has 0 fully saturated rings. The van der Waals surface area contributed by atoms with Crippen LogP contribution in [-0.4, -0.2) is 85.5 Å². The Morgan fingerprint density at radius 1 is 0.974 bits per heavy atom. The van der Waals surface area contributed by atoms with E-state index in [0.717, 1.165) is 0 Å². The summed E-state index contributed by atoms with van der Waals surface area (Å²) in [4.78, 5) is 62.9. The highest BCUT2D eigenvalue weighted by molar-refractivity contribution is 5.97. The number of rotatable bonds is 15. The Kier molecular flexibility index (Phi) is 14.3. The van der Waals surface area contributed by atoms with Gasteiger partial charge in [-0.3, -0.25) is 20.2 Å². The number of hydrogen-bond acceptors (Lipinski definition) is 8. The highest BCUT2D eigenvalue weighted by atomic mass is 16.6. The van der Waals surface area contributed by atoms with Crippen LogP contribution in [0.2, 0.25) is 0 Å². The lowest BCUT2D eigenvalue weighted by atomic mass is 10.0. The van der Waals surface area contributed by atoms with Gasteiger partial charge in [0.2, 0.25) is 17.7 Å². The Morgan fingerprint density at radius 3 is 2.13 bits per heavy atom. The summed E-state index contributed by atoms with van der Waals surface area (Å²) in [6, 6.07) is 4.44. The average molecular weight is 551 g/mol. The van der Waals surface area contributed by atoms with Gasteiger partial charge in [-0.05, 0) is 36.5 Å². The predicted octanol–water partition coefficient (Wildman–Crippen LogP) is 0.0930. The first-order valence-electron chi connectivity index (χ1n) is 12.6. The van der Waals surface area contributed by atoms with Crippen LogP contribution in [0.25, 0.3) is 0 Å². The highest BCUT2D eigenvalue weighted by Crippen LogP contribution is 2.13. The van der Waals surface area contributed by atoms with Crippen molar-refractivity contribution in [3.05, 3.63) is 29.8 Å². The minimum atomic E-state index is -0.889. The second-order valence-electron chi connectivity index (χ2n) is 9.49. The third kappa shape index (κ3) is 12.5. The zero-order chi connectivity index (χ0) is 29.5. The minimum Gasteiger partial charge on any atom is -0.445 e. The molecule has 0 bridgehead atoms. The summed E-state index contributed by atoms with van der Waals surface area (Å²) in [5.74, 6) is 4.42. The van der Waals surface area contributed by atoms with Crippen molar-refractivity contribution in [2.45, 2.75) is 52.3 Å². The Bertz CT molecular complexity index is 972. The lowest BCUT2D eigenvalue weighted by Gasteiger charge is -2.24. The van der Waals surface area contributed by atoms with Gasteiger partial charge in [0, 0.05) is 46.3 Å². The standard InChI is InChI=1S/C25H42N8O6/c1-16(2)21(31-27)23(36)30-20(7-6-12-28-24(26)37)22(35)29-19-10-8-18(9-11-19)15-39-25(38)33(5)14-13-32(4)17(3)34/h8-11,16,20-21,31H,6-7,12-15,27H2,1-5H3,(H,29,35)(H,30,36)(H3,26,28,37)/t20-,21-/m0/s1. The van der Waals surface area contributed by atoms with Crippen LogP contribution in [0, 0.1) is 5.92 Å². The van der Waals surface area contributed by atoms with Crippen molar-refractivity contribution in [1.29, 1.82) is 0 Å². The number of nitrogens with two attached hydrogens (primary N) is 2. The Morgan fingerprint density at radius 2 is 1.59 bits per heavy atom. The Labute approximate surface area is 229 Å². The molecule has 0 aliphatic rings. The van der Waals surface area contributed by atoms with E-state index >= 15 is 0 Å². The lowest BCUT2D eigenvalue weighted by Crippen LogP contribution is -2.55. The van der Waals surface area contributed by atoms with E-state index in [4.69, 9.17) is 16.3 Å². The predicted molar refractivity (Wildman–Crippen MR) is 146 cm³/mol. The van der Waals surface area contributed by atoms with Crippen LogP contribution in [0.15, 0.2) is 24.3 Å². The normalized spacial score (nSPS) is 12.2. The van der Waals surface area contributed by atoms with Crippen LogP contribution >= 0.6 is 0 Å². The lowest BCUT2D eigenvalue weighted by molar-refractivity contribution is -0.128. The van der Waals surface area contributed by atoms with Crippen molar-refractivity contribution in [3.8, 4) is 0 Å². The maximum absolute atomic E-state index is 13.0. The summed E-state index contributed by atoms with van der Waals surface area (Å²) in [5, 5.41) is 7.93. The van der Waals surface area contributed by atoms with Gasteiger partial charge < -0.3 is 36.2 Å². The third-order valence-corrected chi connectivity index (χ3v) is 5.93. The van der Waals surface area contributed by atoms with E-state index in [0.29, 0.717) is 30.8 Å². The van der Waals surface area contributed by atoms with Crippen molar-refractivity contribution >= 4 is 35.5 Å². The first-order valence-corrected chi connectivity index (χ1v) is 12.6. The van der Waals surface area contributed by atoms with Crippen LogP contribution in [0.4, 0.5) is 15.3 Å². The molecule has 1 aromatic carbocycles. The maximum atomic E-state index is 13.0. The van der Waals surface area contributed by atoms with Gasteiger partial charge in [0.25, 0.3) is 0 Å². The van der Waals surface area contributed by atoms with Crippen LogP contribution in [0.1, 0.15) is 39.2 Å². The Balaban J connectivity index is 2.72. The van der Waals surface area contributed by atoms with Gasteiger partial charge in [-0.25, -0.2) is 15.0 Å². The van der Waals surface area contributed by atoms with E-state index < -0.39 is 36.0 Å². The van der Waals surface area contributed by atoms with E-state index in [9.17, 15) is 24.0 Å². The number of primary amides is 1. The van der Waals surface area contributed by atoms with Gasteiger partial charge in [0.1, 0.15) is 18.7 Å². The maximum Gasteiger partial charge on any atom is 0.409 e. The van der Waals surface area contributed by atoms with E-state index in [1.165, 1.54) is 16.7 Å². The van der Waals surface area contributed by atoms with Gasteiger partial charge in [-0.1, -0.05) is 26.0 Å². The molecule has 6 amide bonds. The summed E-state index contributed by atoms with van der Waals surface area (Å²) < 4.78 is 5.30. The second-order valence-corrected chi connectivity index (χ2v) is 9.49. The summed E-state index contributed by atoms with van der Waals surface area (Å²) in [6.07, 6.45) is 0.116. The van der Waals surface area contributed by atoms with E-state index in [2.05, 4.69) is 21.4 Å². The number of amides is 6. The fraction of sp³-hybridized carbons (Fsp3) is 0.560. The highest BCUT2D eigenvalue weighted by Gasteiger charge is 2.26. The molecular weight excluding hydrogens is 508 g/mol. The number of anilines is 1. The zero-order valence-electron chi connectivity index (χ0n) is 23.3. The third-order valence-electron chi connectivity index (χ3n) is 5.93. The number of urea groups is 1. The molecule has 0 saturated heterocycles. The summed E-state index contributed by atoms with van der Waals surface area (Å²) in [6.45, 7) is 6.07. The Hall–Kier alpha value is -3.91. The first-order chi connectivity index (χ1) is 18.3. The molecule has 0 saturated carbocycles. The minimum absolute atomic E-state index is 0.0220. The quantitative estimate of drug-likeness (QED) is 0.100. The van der Waals surface area contributed by atoms with E-state index in [1.54, 1.807) is 38.4 Å². The fourth-order valence-corrected chi connectivity index (χ4v) is 3.34. The molecule has 14 nitrogen and oxygen atoms in total. The first kappa shape index (κ1) is 33.1. The molecule has 14 heteroatoms. The molecule has 2 atom stereocenters. The van der Waals surface area contributed by atoms with Crippen molar-refractivity contribution in [1.82, 2.24) is 25.9 Å². The molecule has 1 rings (SSSR count). The topological polar surface area (TPSA) is 201 Å². The summed E-state index contributed by atoms with van der Waals surface area (Å²) >= 11 is 0. The molecule has 1 aromatic rings. The van der Waals surface area contributed by atoms with Crippen LogP contribution in [-0.2, 0) is 25.7 Å². The van der Waals surface area contributed by atoms with Gasteiger partial charge in [0.05, 0.1) is 0 Å². The second kappa shape index (κ2) is 16.8. The number of hydrogen-bond donors (Lipinski definition) is 6. The molecule has 0 aliphatic heterocycles. The number of likely N-dealkylation sites (N-methyl/N-ethyl adjacent to an activating group) is 2. The number of nitrogens with one attached hydrogen (secondary N) is 4. The molecule has 0 unspecified atom stereocenters. The SMILES string of the molecule is CC(=O)N(C)CCN(C)C(=O)OCc1ccc(NC(=O)[C@H](CCCNC(N)=O)NC(=O)[C@@H](NN)C(C)C)cc1. The molecule has 0 radical (unpaired) electrons. The number of carbonyl (C=O) groups is 5. The molecule has 0 aliphatic carbocycles. The van der Waals surface area contributed by atoms with Crippen molar-refractivity contribution in [3.63, 3.8) is 0 Å². The van der Waals surface area contributed by atoms with Gasteiger partial charge >= 0.3 is 12.1 Å². The van der Waals surface area contributed by atoms with Crippen molar-refractivity contribution in [2.24, 2.45) is 17.5 Å². The molecule has 0 spiro atoms. The molecule has 39 heavy (non-hydrogen) atoms. The average Bonchev–Trinajstić information content (AvgIpc) is 2.87. The zero-order valence-corrected chi connectivity index (χ0v) is 23.3. The monoisotopic (exact) mass is 550 g/mol. The molecule has 0 aromatic heterocycles. The smallest absolute Gasteiger partial charge is 0.409 e. The summed E-state index contributed by atoms with van der Waals surface area (Å²) in [5.41, 5.74) is 8.71. The number of nitrogens with zero attached hydrogens (tertiary/aromatic N) is 2. The van der Waals surface area contributed by atoms with Gasteiger partial charge in [-0.2, -0.15) is 0 Å². The fourth-order valence-electron chi connectivity index (χ4n) is 3.34. The number of carbonyl (C=O) groups excluding carboxylic acids is 5. The summed E-state index contributed by atoms with van der Waals surface area (Å²) in [7, 11) is 3.24. The van der Waals surface area contributed by atoms with Gasteiger partial charge in [0.15, 0.2) is 0 Å². The molecule has 218 valence electrons.